The average molecular weight is 367 g/mol. The first kappa shape index (κ1) is 17.6. The third kappa shape index (κ3) is 4.07. The fraction of sp³-hybridized carbons (Fsp3) is 0.105. The van der Waals surface area contributed by atoms with E-state index in [0.717, 1.165) is 17.0 Å². The van der Waals surface area contributed by atoms with Crippen LogP contribution < -0.4 is 10.2 Å². The highest BCUT2D eigenvalue weighted by Crippen LogP contribution is 2.27. The molecule has 0 aliphatic rings. The maximum Gasteiger partial charge on any atom is 0.338 e. The first-order valence-electron chi connectivity index (χ1n) is 7.77. The van der Waals surface area contributed by atoms with Crippen molar-refractivity contribution in [3.8, 4) is 17.0 Å². The van der Waals surface area contributed by atoms with Gasteiger partial charge >= 0.3 is 5.97 Å². The molecule has 0 aliphatic heterocycles. The van der Waals surface area contributed by atoms with E-state index in [1.807, 2.05) is 35.7 Å². The van der Waals surface area contributed by atoms with Gasteiger partial charge in [-0.3, -0.25) is 5.43 Å². The van der Waals surface area contributed by atoms with Crippen molar-refractivity contribution in [1.29, 1.82) is 0 Å². The number of hydrogen-bond donors (Lipinski definition) is 1. The van der Waals surface area contributed by atoms with Crippen LogP contribution in [0.15, 0.2) is 59.0 Å². The summed E-state index contributed by atoms with van der Waals surface area (Å²) in [4.78, 5) is 16.3. The van der Waals surface area contributed by atoms with Gasteiger partial charge in [-0.25, -0.2) is 9.78 Å². The lowest BCUT2D eigenvalue weighted by molar-refractivity contribution is 0.0600. The van der Waals surface area contributed by atoms with Crippen molar-refractivity contribution < 1.29 is 14.3 Å². The lowest BCUT2D eigenvalue weighted by Gasteiger charge is -2.03. The number of ether oxygens (including phenoxy) is 2. The summed E-state index contributed by atoms with van der Waals surface area (Å²) in [5.74, 6) is 0.379. The van der Waals surface area contributed by atoms with Crippen LogP contribution in [-0.4, -0.2) is 31.4 Å². The smallest absolute Gasteiger partial charge is 0.338 e. The number of hydrogen-bond acceptors (Lipinski definition) is 7. The van der Waals surface area contributed by atoms with Crippen molar-refractivity contribution in [2.24, 2.45) is 5.10 Å². The number of anilines is 1. The number of nitrogens with zero attached hydrogens (tertiary/aromatic N) is 2. The van der Waals surface area contributed by atoms with E-state index in [2.05, 4.69) is 15.5 Å². The monoisotopic (exact) mass is 367 g/mol. The SMILES string of the molecule is COC(=O)c1ccccc1/C=N/Nc1nc(-c2cccc(OC)c2)cs1. The van der Waals surface area contributed by atoms with Gasteiger partial charge in [-0.2, -0.15) is 5.10 Å². The van der Waals surface area contributed by atoms with Crippen LogP contribution in [0.5, 0.6) is 5.75 Å². The highest BCUT2D eigenvalue weighted by atomic mass is 32.1. The summed E-state index contributed by atoms with van der Waals surface area (Å²) in [7, 11) is 2.98. The quantitative estimate of drug-likeness (QED) is 0.404. The number of carbonyl (C=O) groups is 1. The van der Waals surface area contributed by atoms with Gasteiger partial charge in [0, 0.05) is 16.5 Å². The zero-order chi connectivity index (χ0) is 18.4. The summed E-state index contributed by atoms with van der Waals surface area (Å²) >= 11 is 1.44. The van der Waals surface area contributed by atoms with Gasteiger partial charge in [0.25, 0.3) is 0 Å². The van der Waals surface area contributed by atoms with Crippen molar-refractivity contribution >= 4 is 28.7 Å². The van der Waals surface area contributed by atoms with Crippen molar-refractivity contribution in [3.63, 3.8) is 0 Å². The lowest BCUT2D eigenvalue weighted by Crippen LogP contribution is -2.05. The van der Waals surface area contributed by atoms with Crippen LogP contribution in [0.4, 0.5) is 5.13 Å². The molecule has 0 spiro atoms. The molecule has 0 unspecified atom stereocenters. The molecule has 0 saturated carbocycles. The zero-order valence-electron chi connectivity index (χ0n) is 14.3. The van der Waals surface area contributed by atoms with Crippen LogP contribution in [0.25, 0.3) is 11.3 Å². The normalized spacial score (nSPS) is 10.7. The number of methoxy groups -OCH3 is 2. The standard InChI is InChI=1S/C19H17N3O3S/c1-24-15-8-5-7-13(10-15)17-12-26-19(21-17)22-20-11-14-6-3-4-9-16(14)18(23)25-2/h3-12H,1-2H3,(H,21,22)/b20-11+. The first-order valence-corrected chi connectivity index (χ1v) is 8.65. The van der Waals surface area contributed by atoms with E-state index < -0.39 is 5.97 Å². The molecule has 0 aliphatic carbocycles. The van der Waals surface area contributed by atoms with Crippen LogP contribution in [0, 0.1) is 0 Å². The van der Waals surface area contributed by atoms with Gasteiger partial charge < -0.3 is 9.47 Å². The predicted octanol–water partition coefficient (Wildman–Crippen LogP) is 4.05. The average Bonchev–Trinajstić information content (AvgIpc) is 3.17. The first-order chi connectivity index (χ1) is 12.7. The minimum Gasteiger partial charge on any atom is -0.497 e. The van der Waals surface area contributed by atoms with Crippen molar-refractivity contribution in [1.82, 2.24) is 4.98 Å². The van der Waals surface area contributed by atoms with Crippen LogP contribution in [0.1, 0.15) is 15.9 Å². The maximum atomic E-state index is 11.8. The van der Waals surface area contributed by atoms with Gasteiger partial charge in [-0.15, -0.1) is 11.3 Å². The molecule has 6 nitrogen and oxygen atoms in total. The summed E-state index contributed by atoms with van der Waals surface area (Å²) in [6, 6.07) is 14.8. The molecular weight excluding hydrogens is 350 g/mol. The number of esters is 1. The van der Waals surface area contributed by atoms with E-state index >= 15 is 0 Å². The molecule has 0 fully saturated rings. The van der Waals surface area contributed by atoms with E-state index in [-0.39, 0.29) is 0 Å². The highest BCUT2D eigenvalue weighted by Gasteiger charge is 2.09. The Labute approximate surface area is 155 Å². The topological polar surface area (TPSA) is 72.8 Å². The second kappa shape index (κ2) is 8.26. The van der Waals surface area contributed by atoms with Crippen LogP contribution in [0.2, 0.25) is 0 Å². The van der Waals surface area contributed by atoms with Crippen molar-refractivity contribution in [3.05, 3.63) is 65.0 Å². The Morgan fingerprint density at radius 2 is 2.04 bits per heavy atom. The van der Waals surface area contributed by atoms with E-state index in [1.165, 1.54) is 18.4 Å². The molecule has 1 aromatic heterocycles. The molecule has 0 amide bonds. The molecule has 132 valence electrons. The Hall–Kier alpha value is -3.19. The Morgan fingerprint density at radius 1 is 1.19 bits per heavy atom. The number of aromatic nitrogens is 1. The Kier molecular flexibility index (Phi) is 5.60. The molecular formula is C19H17N3O3S. The Balaban J connectivity index is 1.72. The number of carbonyl (C=O) groups excluding carboxylic acids is 1. The Bertz CT molecular complexity index is 937. The number of rotatable bonds is 6. The van der Waals surface area contributed by atoms with Crippen LogP contribution in [-0.2, 0) is 4.74 Å². The van der Waals surface area contributed by atoms with E-state index in [4.69, 9.17) is 9.47 Å². The molecule has 3 aromatic rings. The number of benzene rings is 2. The minimum atomic E-state index is -0.401. The second-order valence-electron chi connectivity index (χ2n) is 5.22. The molecule has 3 rings (SSSR count). The van der Waals surface area contributed by atoms with Crippen molar-refractivity contribution in [2.45, 2.75) is 0 Å². The van der Waals surface area contributed by atoms with Gasteiger partial charge in [0.2, 0.25) is 5.13 Å². The Morgan fingerprint density at radius 3 is 2.85 bits per heavy atom. The van der Waals surface area contributed by atoms with Gasteiger partial charge in [-0.05, 0) is 18.2 Å². The minimum absolute atomic E-state index is 0.401. The molecule has 2 aromatic carbocycles. The van der Waals surface area contributed by atoms with Crippen LogP contribution >= 0.6 is 11.3 Å². The summed E-state index contributed by atoms with van der Waals surface area (Å²) < 4.78 is 10.0. The molecule has 7 heteroatoms. The van der Waals surface area contributed by atoms with Crippen molar-refractivity contribution in [2.75, 3.05) is 19.6 Å². The summed E-state index contributed by atoms with van der Waals surface area (Å²) in [6.07, 6.45) is 1.57. The van der Waals surface area contributed by atoms with Gasteiger partial charge in [0.05, 0.1) is 31.7 Å². The van der Waals surface area contributed by atoms with Crippen LogP contribution in [0.3, 0.4) is 0 Å². The lowest BCUT2D eigenvalue weighted by atomic mass is 10.1. The molecule has 1 heterocycles. The van der Waals surface area contributed by atoms with E-state index in [1.54, 1.807) is 31.5 Å². The van der Waals surface area contributed by atoms with E-state index in [9.17, 15) is 4.79 Å². The van der Waals surface area contributed by atoms with E-state index in [0.29, 0.717) is 16.3 Å². The fourth-order valence-electron chi connectivity index (χ4n) is 2.30. The molecule has 26 heavy (non-hydrogen) atoms. The number of hydrazone groups is 1. The summed E-state index contributed by atoms with van der Waals surface area (Å²) in [5.41, 5.74) is 5.81. The largest absolute Gasteiger partial charge is 0.497 e. The highest BCUT2D eigenvalue weighted by molar-refractivity contribution is 7.14. The predicted molar refractivity (Wildman–Crippen MR) is 103 cm³/mol. The zero-order valence-corrected chi connectivity index (χ0v) is 15.1. The van der Waals surface area contributed by atoms with Gasteiger partial charge in [0.1, 0.15) is 5.75 Å². The molecule has 0 radical (unpaired) electrons. The third-order valence-corrected chi connectivity index (χ3v) is 4.35. The number of nitrogens with one attached hydrogen (secondary N) is 1. The number of thiazole rings is 1. The molecule has 0 bridgehead atoms. The van der Waals surface area contributed by atoms with Gasteiger partial charge in [-0.1, -0.05) is 30.3 Å². The molecule has 1 N–H and O–H groups in total. The van der Waals surface area contributed by atoms with Gasteiger partial charge in [0.15, 0.2) is 0 Å². The second-order valence-corrected chi connectivity index (χ2v) is 6.08. The fourth-order valence-corrected chi connectivity index (χ4v) is 2.97. The summed E-state index contributed by atoms with van der Waals surface area (Å²) in [6.45, 7) is 0. The summed E-state index contributed by atoms with van der Waals surface area (Å²) in [5, 5.41) is 6.76. The maximum absolute atomic E-state index is 11.8. The molecule has 0 atom stereocenters. The third-order valence-electron chi connectivity index (χ3n) is 3.60. The molecule has 0 saturated heterocycles.